The summed E-state index contributed by atoms with van der Waals surface area (Å²) in [5.41, 5.74) is 7.53. The van der Waals surface area contributed by atoms with Gasteiger partial charge in [0.15, 0.2) is 11.5 Å². The van der Waals surface area contributed by atoms with Crippen LogP contribution in [-0.2, 0) is 16.2 Å². The van der Waals surface area contributed by atoms with E-state index in [2.05, 4.69) is 10.9 Å². The van der Waals surface area contributed by atoms with E-state index < -0.39 is 5.92 Å². The van der Waals surface area contributed by atoms with Crippen molar-refractivity contribution in [2.45, 2.75) is 13.0 Å². The molecule has 4 rings (SSSR count). The summed E-state index contributed by atoms with van der Waals surface area (Å²) in [4.78, 5) is 26.8. The van der Waals surface area contributed by atoms with Crippen LogP contribution in [0.1, 0.15) is 12.0 Å². The predicted molar refractivity (Wildman–Crippen MR) is 139 cm³/mol. The molecule has 36 heavy (non-hydrogen) atoms. The van der Waals surface area contributed by atoms with E-state index in [1.54, 1.807) is 72.7 Å². The van der Waals surface area contributed by atoms with Crippen molar-refractivity contribution in [1.29, 1.82) is 0 Å². The Morgan fingerprint density at radius 1 is 1.00 bits per heavy atom. The molecule has 1 aliphatic heterocycles. The molecule has 188 valence electrons. The first-order valence-electron chi connectivity index (χ1n) is 11.1. The lowest BCUT2D eigenvalue weighted by Gasteiger charge is -2.18. The minimum absolute atomic E-state index is 0.109. The molecular formula is C26H25Cl2N3O5. The van der Waals surface area contributed by atoms with Crippen LogP contribution in [-0.4, -0.2) is 32.6 Å². The number of halogens is 2. The number of rotatable bonds is 9. The monoisotopic (exact) mass is 529 g/mol. The summed E-state index contributed by atoms with van der Waals surface area (Å²) in [7, 11) is 3.10. The fourth-order valence-corrected chi connectivity index (χ4v) is 4.32. The zero-order valence-electron chi connectivity index (χ0n) is 19.7. The number of benzene rings is 3. The molecular weight excluding hydrogens is 505 g/mol. The number of hydrazine groups is 1. The number of nitrogens with one attached hydrogen (secondary N) is 2. The van der Waals surface area contributed by atoms with Gasteiger partial charge in [0.05, 0.1) is 25.8 Å². The van der Waals surface area contributed by atoms with Crippen LogP contribution in [0.5, 0.6) is 17.2 Å². The average molecular weight is 530 g/mol. The standard InChI is InChI=1S/C26H25Cl2N3O5/c1-34-19-9-7-18(8-10-19)31-14-16(12-25(31)32)26(33)30-29-17-6-11-23(24(13-17)35-2)36-15-20-21(27)4-3-5-22(20)28/h3-11,13,16,29H,12,14-15H2,1-2H3,(H,30,33)/t16-/m1/s1. The average Bonchev–Trinajstić information content (AvgIpc) is 3.29. The molecule has 1 atom stereocenters. The molecule has 1 heterocycles. The van der Waals surface area contributed by atoms with Gasteiger partial charge in [-0.15, -0.1) is 0 Å². The van der Waals surface area contributed by atoms with Crippen molar-refractivity contribution in [2.24, 2.45) is 5.92 Å². The lowest BCUT2D eigenvalue weighted by Crippen LogP contribution is -2.36. The summed E-state index contributed by atoms with van der Waals surface area (Å²) >= 11 is 12.4. The van der Waals surface area contributed by atoms with Gasteiger partial charge in [0.25, 0.3) is 0 Å². The molecule has 0 bridgehead atoms. The first kappa shape index (κ1) is 25.5. The molecule has 0 spiro atoms. The second-order valence-corrected chi connectivity index (χ2v) is 8.89. The fourth-order valence-electron chi connectivity index (χ4n) is 3.82. The maximum atomic E-state index is 12.7. The van der Waals surface area contributed by atoms with E-state index in [4.69, 9.17) is 37.4 Å². The molecule has 8 nitrogen and oxygen atoms in total. The number of carbonyl (C=O) groups is 2. The van der Waals surface area contributed by atoms with E-state index in [0.717, 1.165) is 5.69 Å². The Bertz CT molecular complexity index is 1230. The van der Waals surface area contributed by atoms with Crippen molar-refractivity contribution >= 4 is 46.4 Å². The third-order valence-corrected chi connectivity index (χ3v) is 6.52. The molecule has 2 N–H and O–H groups in total. The van der Waals surface area contributed by atoms with Gasteiger partial charge in [-0.1, -0.05) is 29.3 Å². The SMILES string of the molecule is COc1ccc(N2C[C@H](C(=O)NNc3ccc(OCc4c(Cl)cccc4Cl)c(OC)c3)CC2=O)cc1. The smallest absolute Gasteiger partial charge is 0.243 e. The van der Waals surface area contributed by atoms with Crippen molar-refractivity contribution in [3.63, 3.8) is 0 Å². The minimum atomic E-state index is -0.489. The molecule has 1 saturated heterocycles. The van der Waals surface area contributed by atoms with Gasteiger partial charge in [0.2, 0.25) is 11.8 Å². The fraction of sp³-hybridized carbons (Fsp3) is 0.231. The molecule has 3 aromatic carbocycles. The summed E-state index contributed by atoms with van der Waals surface area (Å²) in [6, 6.07) is 17.5. The third kappa shape index (κ3) is 5.78. The molecule has 1 fully saturated rings. The Labute approximate surface area is 219 Å². The van der Waals surface area contributed by atoms with Crippen LogP contribution in [0.4, 0.5) is 11.4 Å². The number of ether oxygens (including phenoxy) is 3. The molecule has 2 amide bonds. The van der Waals surface area contributed by atoms with Crippen molar-refractivity contribution < 1.29 is 23.8 Å². The van der Waals surface area contributed by atoms with E-state index in [9.17, 15) is 9.59 Å². The lowest BCUT2D eigenvalue weighted by molar-refractivity contribution is -0.125. The molecule has 0 unspecified atom stereocenters. The highest BCUT2D eigenvalue weighted by atomic mass is 35.5. The van der Waals surface area contributed by atoms with Gasteiger partial charge in [0.1, 0.15) is 12.4 Å². The molecule has 0 aliphatic carbocycles. The molecule has 0 saturated carbocycles. The highest BCUT2D eigenvalue weighted by Crippen LogP contribution is 2.33. The van der Waals surface area contributed by atoms with E-state index in [1.807, 2.05) is 0 Å². The molecule has 10 heteroatoms. The number of methoxy groups -OCH3 is 2. The number of carbonyl (C=O) groups excluding carboxylic acids is 2. The third-order valence-electron chi connectivity index (χ3n) is 5.81. The summed E-state index contributed by atoms with van der Waals surface area (Å²) in [5, 5.41) is 1.02. The normalized spacial score (nSPS) is 14.9. The quantitative estimate of drug-likeness (QED) is 0.375. The van der Waals surface area contributed by atoms with E-state index >= 15 is 0 Å². The van der Waals surface area contributed by atoms with Gasteiger partial charge in [-0.2, -0.15) is 0 Å². The summed E-state index contributed by atoms with van der Waals surface area (Å²) in [5.74, 6) is 0.760. The van der Waals surface area contributed by atoms with Crippen LogP contribution in [0.15, 0.2) is 60.7 Å². The predicted octanol–water partition coefficient (Wildman–Crippen LogP) is 5.09. The first-order valence-corrected chi connectivity index (χ1v) is 11.9. The lowest BCUT2D eigenvalue weighted by atomic mass is 10.1. The Balaban J connectivity index is 1.34. The minimum Gasteiger partial charge on any atom is -0.497 e. The van der Waals surface area contributed by atoms with Gasteiger partial charge < -0.3 is 19.1 Å². The largest absolute Gasteiger partial charge is 0.497 e. The van der Waals surface area contributed by atoms with Gasteiger partial charge in [0, 0.05) is 40.3 Å². The number of amides is 2. The maximum absolute atomic E-state index is 12.7. The van der Waals surface area contributed by atoms with E-state index in [-0.39, 0.29) is 24.8 Å². The van der Waals surface area contributed by atoms with E-state index in [0.29, 0.717) is 45.1 Å². The Hall–Kier alpha value is -3.62. The van der Waals surface area contributed by atoms with Crippen LogP contribution in [0.2, 0.25) is 10.0 Å². The second-order valence-electron chi connectivity index (χ2n) is 8.07. The highest BCUT2D eigenvalue weighted by molar-refractivity contribution is 6.35. The number of hydrogen-bond acceptors (Lipinski definition) is 6. The first-order chi connectivity index (χ1) is 17.4. The van der Waals surface area contributed by atoms with Crippen LogP contribution in [0, 0.1) is 5.92 Å². The number of hydrogen-bond donors (Lipinski definition) is 2. The van der Waals surface area contributed by atoms with Crippen molar-refractivity contribution in [3.8, 4) is 17.2 Å². The Morgan fingerprint density at radius 2 is 1.72 bits per heavy atom. The van der Waals surface area contributed by atoms with Gasteiger partial charge >= 0.3 is 0 Å². The van der Waals surface area contributed by atoms with Gasteiger partial charge in [-0.05, 0) is 48.5 Å². The van der Waals surface area contributed by atoms with Crippen LogP contribution in [0.3, 0.4) is 0 Å². The van der Waals surface area contributed by atoms with Crippen LogP contribution < -0.4 is 30.0 Å². The zero-order valence-corrected chi connectivity index (χ0v) is 21.2. The molecule has 1 aliphatic rings. The van der Waals surface area contributed by atoms with Crippen LogP contribution in [0.25, 0.3) is 0 Å². The Kier molecular flexibility index (Phi) is 8.07. The molecule has 0 aromatic heterocycles. The summed E-state index contributed by atoms with van der Waals surface area (Å²) in [6.07, 6.45) is 0.125. The Morgan fingerprint density at radius 3 is 2.39 bits per heavy atom. The summed E-state index contributed by atoms with van der Waals surface area (Å²) < 4.78 is 16.4. The van der Waals surface area contributed by atoms with Crippen LogP contribution >= 0.6 is 23.2 Å². The van der Waals surface area contributed by atoms with Crippen molar-refractivity contribution in [2.75, 3.05) is 31.1 Å². The topological polar surface area (TPSA) is 89.1 Å². The summed E-state index contributed by atoms with van der Waals surface area (Å²) in [6.45, 7) is 0.457. The van der Waals surface area contributed by atoms with Gasteiger partial charge in [-0.3, -0.25) is 20.4 Å². The molecule has 3 aromatic rings. The van der Waals surface area contributed by atoms with E-state index in [1.165, 1.54) is 7.11 Å². The number of nitrogens with zero attached hydrogens (tertiary/aromatic N) is 1. The second kappa shape index (κ2) is 11.4. The van der Waals surface area contributed by atoms with Crippen molar-refractivity contribution in [1.82, 2.24) is 5.43 Å². The zero-order chi connectivity index (χ0) is 25.7. The highest BCUT2D eigenvalue weighted by Gasteiger charge is 2.35. The van der Waals surface area contributed by atoms with Gasteiger partial charge in [-0.25, -0.2) is 0 Å². The number of anilines is 2. The maximum Gasteiger partial charge on any atom is 0.243 e. The van der Waals surface area contributed by atoms with Crippen molar-refractivity contribution in [3.05, 3.63) is 76.3 Å². The molecule has 0 radical (unpaired) electrons.